The van der Waals surface area contributed by atoms with Gasteiger partial charge in [-0.25, -0.2) is 0 Å². The Balaban J connectivity index is 4.00. The van der Waals surface area contributed by atoms with Crippen LogP contribution >= 0.6 is 0 Å². The standard InChI is InChI=1S/C48H83NO5S/c1-3-5-7-9-11-13-15-17-19-21-23-24-26-28-30-32-34-36-38-40-42-44-48(51)49-46(45-55(52,53)54)47(50)43-41-39-37-35-33-31-29-27-25-22-20-18-16-14-12-10-8-6-4-2/h5,7,11,13,17,19,23-24,28,30,33,35,41,43,46-47,50H,3-4,6,8-10,12,14-16,18,20-22,25-27,29,31-32,34,36-40,42,44-45H2,1-2H3,(H,49,51)(H,52,53,54)/b7-5-,13-11-,19-17-,24-23-,30-28-,35-33+,43-41+. The van der Waals surface area contributed by atoms with E-state index in [1.807, 2.05) is 6.08 Å². The molecule has 2 unspecified atom stereocenters. The third-order valence-electron chi connectivity index (χ3n) is 9.56. The highest BCUT2D eigenvalue weighted by molar-refractivity contribution is 7.85. The maximum absolute atomic E-state index is 12.5. The van der Waals surface area contributed by atoms with E-state index in [0.29, 0.717) is 12.8 Å². The molecular weight excluding hydrogens is 703 g/mol. The summed E-state index contributed by atoms with van der Waals surface area (Å²) in [5, 5.41) is 13.2. The lowest BCUT2D eigenvalue weighted by Crippen LogP contribution is -2.46. The van der Waals surface area contributed by atoms with Gasteiger partial charge in [0, 0.05) is 6.42 Å². The summed E-state index contributed by atoms with van der Waals surface area (Å²) in [4.78, 5) is 12.5. The van der Waals surface area contributed by atoms with Crippen LogP contribution in [0.1, 0.15) is 194 Å². The van der Waals surface area contributed by atoms with Gasteiger partial charge in [-0.1, -0.05) is 195 Å². The molecule has 7 heteroatoms. The van der Waals surface area contributed by atoms with Crippen LogP contribution in [0.2, 0.25) is 0 Å². The first kappa shape index (κ1) is 52.5. The summed E-state index contributed by atoms with van der Waals surface area (Å²) in [6.07, 6.45) is 60.0. The van der Waals surface area contributed by atoms with Crippen molar-refractivity contribution in [3.8, 4) is 0 Å². The Morgan fingerprint density at radius 1 is 0.509 bits per heavy atom. The molecule has 0 aromatic heterocycles. The van der Waals surface area contributed by atoms with Crippen LogP contribution in [0.5, 0.6) is 0 Å². The van der Waals surface area contributed by atoms with E-state index in [4.69, 9.17) is 0 Å². The predicted molar refractivity (Wildman–Crippen MR) is 239 cm³/mol. The number of unbranched alkanes of at least 4 members (excludes halogenated alkanes) is 19. The zero-order valence-corrected chi connectivity index (χ0v) is 36.1. The van der Waals surface area contributed by atoms with E-state index in [0.717, 1.165) is 77.0 Å². The van der Waals surface area contributed by atoms with Crippen molar-refractivity contribution in [3.05, 3.63) is 85.1 Å². The maximum Gasteiger partial charge on any atom is 0.267 e. The van der Waals surface area contributed by atoms with Crippen molar-refractivity contribution in [2.45, 2.75) is 206 Å². The molecule has 0 rings (SSSR count). The monoisotopic (exact) mass is 786 g/mol. The number of carbonyl (C=O) groups excluding carboxylic acids is 1. The van der Waals surface area contributed by atoms with E-state index >= 15 is 0 Å². The van der Waals surface area contributed by atoms with Crippen LogP contribution in [0, 0.1) is 0 Å². The lowest BCUT2D eigenvalue weighted by atomic mass is 10.0. The lowest BCUT2D eigenvalue weighted by Gasteiger charge is -2.21. The molecule has 0 aliphatic heterocycles. The number of allylic oxidation sites excluding steroid dienone is 13. The van der Waals surface area contributed by atoms with Crippen molar-refractivity contribution in [2.24, 2.45) is 0 Å². The highest BCUT2D eigenvalue weighted by Crippen LogP contribution is 2.14. The molecular formula is C48H83NO5S. The first-order valence-corrected chi connectivity index (χ1v) is 23.9. The van der Waals surface area contributed by atoms with Crippen molar-refractivity contribution < 1.29 is 22.9 Å². The Hall–Kier alpha value is -2.48. The molecule has 0 aliphatic carbocycles. The van der Waals surface area contributed by atoms with Crippen LogP contribution in [-0.4, -0.2) is 41.9 Å². The number of rotatable bonds is 39. The minimum Gasteiger partial charge on any atom is -0.387 e. The minimum absolute atomic E-state index is 0.261. The van der Waals surface area contributed by atoms with Crippen molar-refractivity contribution in [2.75, 3.05) is 5.75 Å². The summed E-state index contributed by atoms with van der Waals surface area (Å²) in [6.45, 7) is 4.42. The van der Waals surface area contributed by atoms with Gasteiger partial charge in [0.05, 0.1) is 17.9 Å². The van der Waals surface area contributed by atoms with Gasteiger partial charge in [0.2, 0.25) is 5.91 Å². The molecule has 0 heterocycles. The molecule has 0 radical (unpaired) electrons. The SMILES string of the molecule is CC/C=C\C/C=C\C/C=C\C/C=C\C/C=C\CCCCCCCC(=O)NC(CS(=O)(=O)O)C(O)/C=C/CC/C=C/CCCCCCCCCCCCCCC. The number of hydrogen-bond donors (Lipinski definition) is 3. The van der Waals surface area contributed by atoms with E-state index in [2.05, 4.69) is 92.1 Å². The fraction of sp³-hybridized carbons (Fsp3) is 0.688. The summed E-state index contributed by atoms with van der Waals surface area (Å²) in [6, 6.07) is -1.09. The summed E-state index contributed by atoms with van der Waals surface area (Å²) < 4.78 is 32.6. The molecule has 1 amide bonds. The predicted octanol–water partition coefficient (Wildman–Crippen LogP) is 13.6. The van der Waals surface area contributed by atoms with Gasteiger partial charge in [0.1, 0.15) is 0 Å². The Labute approximate surface area is 339 Å². The second kappa shape index (κ2) is 41.2. The Kier molecular flexibility index (Phi) is 39.3. The lowest BCUT2D eigenvalue weighted by molar-refractivity contribution is -0.122. The normalized spacial score (nSPS) is 14.0. The van der Waals surface area contributed by atoms with Gasteiger partial charge in [-0.05, 0) is 77.0 Å². The number of aliphatic hydroxyl groups is 1. The number of amides is 1. The van der Waals surface area contributed by atoms with Crippen LogP contribution in [0.3, 0.4) is 0 Å². The highest BCUT2D eigenvalue weighted by atomic mass is 32.2. The molecule has 2 atom stereocenters. The van der Waals surface area contributed by atoms with Gasteiger partial charge < -0.3 is 10.4 Å². The van der Waals surface area contributed by atoms with Crippen molar-refractivity contribution >= 4 is 16.0 Å². The quantitative estimate of drug-likeness (QED) is 0.0327. The Morgan fingerprint density at radius 2 is 0.891 bits per heavy atom. The van der Waals surface area contributed by atoms with Gasteiger partial charge in [-0.15, -0.1) is 0 Å². The average Bonchev–Trinajstić information content (AvgIpc) is 3.15. The minimum atomic E-state index is -4.37. The summed E-state index contributed by atoms with van der Waals surface area (Å²) in [7, 11) is -4.37. The van der Waals surface area contributed by atoms with Crippen LogP contribution in [0.15, 0.2) is 85.1 Å². The first-order chi connectivity index (χ1) is 26.8. The molecule has 0 aliphatic rings. The molecule has 0 saturated carbocycles. The Morgan fingerprint density at radius 3 is 1.36 bits per heavy atom. The van der Waals surface area contributed by atoms with E-state index in [1.54, 1.807) is 0 Å². The summed E-state index contributed by atoms with van der Waals surface area (Å²) in [5.41, 5.74) is 0. The molecule has 3 N–H and O–H groups in total. The summed E-state index contributed by atoms with van der Waals surface area (Å²) >= 11 is 0. The fourth-order valence-corrected chi connectivity index (χ4v) is 6.99. The zero-order valence-electron chi connectivity index (χ0n) is 35.3. The maximum atomic E-state index is 12.5. The molecule has 0 aromatic rings. The van der Waals surface area contributed by atoms with Gasteiger partial charge in [-0.3, -0.25) is 9.35 Å². The zero-order chi connectivity index (χ0) is 40.3. The number of carbonyl (C=O) groups is 1. The van der Waals surface area contributed by atoms with Crippen molar-refractivity contribution in [1.82, 2.24) is 5.32 Å². The molecule has 0 spiro atoms. The average molecular weight is 786 g/mol. The van der Waals surface area contributed by atoms with E-state index in [1.165, 1.54) is 89.5 Å². The topological polar surface area (TPSA) is 104 Å². The van der Waals surface area contributed by atoms with Crippen molar-refractivity contribution in [3.63, 3.8) is 0 Å². The van der Waals surface area contributed by atoms with Gasteiger partial charge >= 0.3 is 0 Å². The molecule has 0 saturated heterocycles. The second-order valence-corrected chi connectivity index (χ2v) is 16.4. The number of aliphatic hydroxyl groups excluding tert-OH is 1. The number of hydrogen-bond acceptors (Lipinski definition) is 4. The first-order valence-electron chi connectivity index (χ1n) is 22.3. The third kappa shape index (κ3) is 42.5. The molecule has 316 valence electrons. The van der Waals surface area contributed by atoms with Gasteiger partial charge in [-0.2, -0.15) is 8.42 Å². The van der Waals surface area contributed by atoms with Crippen LogP contribution in [0.4, 0.5) is 0 Å². The van der Waals surface area contributed by atoms with E-state index in [9.17, 15) is 22.9 Å². The smallest absolute Gasteiger partial charge is 0.267 e. The highest BCUT2D eigenvalue weighted by Gasteiger charge is 2.24. The molecule has 0 fully saturated rings. The molecule has 0 bridgehead atoms. The largest absolute Gasteiger partial charge is 0.387 e. The van der Waals surface area contributed by atoms with Crippen LogP contribution in [0.25, 0.3) is 0 Å². The molecule has 55 heavy (non-hydrogen) atoms. The van der Waals surface area contributed by atoms with Crippen molar-refractivity contribution in [1.29, 1.82) is 0 Å². The summed E-state index contributed by atoms with van der Waals surface area (Å²) in [5.74, 6) is -1.03. The molecule has 0 aromatic carbocycles. The van der Waals surface area contributed by atoms with Crippen LogP contribution in [-0.2, 0) is 14.9 Å². The molecule has 6 nitrogen and oxygen atoms in total. The van der Waals surface area contributed by atoms with Crippen LogP contribution < -0.4 is 5.32 Å². The van der Waals surface area contributed by atoms with Gasteiger partial charge in [0.15, 0.2) is 0 Å². The third-order valence-corrected chi connectivity index (χ3v) is 10.3. The fourth-order valence-electron chi connectivity index (χ4n) is 6.26. The Bertz CT molecular complexity index is 1180. The second-order valence-electron chi connectivity index (χ2n) is 14.9. The van der Waals surface area contributed by atoms with Gasteiger partial charge in [0.25, 0.3) is 10.1 Å². The van der Waals surface area contributed by atoms with E-state index in [-0.39, 0.29) is 12.3 Å². The van der Waals surface area contributed by atoms with E-state index < -0.39 is 28.0 Å². The number of nitrogens with one attached hydrogen (secondary N) is 1.